The largest absolute Gasteiger partial charge is 0.342 e. The van der Waals surface area contributed by atoms with Crippen LogP contribution in [-0.2, 0) is 4.79 Å². The van der Waals surface area contributed by atoms with Crippen LogP contribution in [0.4, 0.5) is 0 Å². The molecule has 0 aromatic carbocycles. The van der Waals surface area contributed by atoms with Gasteiger partial charge in [0.2, 0.25) is 5.91 Å². The molecule has 0 aromatic heterocycles. The maximum Gasteiger partial charge on any atom is 0.236 e. The van der Waals surface area contributed by atoms with Crippen molar-refractivity contribution in [1.29, 1.82) is 0 Å². The number of hydrogen-bond donors (Lipinski definition) is 1. The van der Waals surface area contributed by atoms with E-state index in [9.17, 15) is 4.79 Å². The van der Waals surface area contributed by atoms with Gasteiger partial charge in [0.25, 0.3) is 0 Å². The first-order valence-electron chi connectivity index (χ1n) is 7.98. The molecule has 0 radical (unpaired) electrons. The fraction of sp³-hybridized carbons (Fsp3) is 0.933. The van der Waals surface area contributed by atoms with Crippen LogP contribution in [0.1, 0.15) is 39.5 Å². The molecule has 2 rings (SSSR count). The number of fused-ring (bicyclic) bond motifs is 1. The van der Waals surface area contributed by atoms with Gasteiger partial charge in [0.15, 0.2) is 0 Å². The zero-order chi connectivity index (χ0) is 13.7. The Labute approximate surface area is 117 Å². The summed E-state index contributed by atoms with van der Waals surface area (Å²) in [5.74, 6) is 1.10. The van der Waals surface area contributed by atoms with Gasteiger partial charge < -0.3 is 10.2 Å². The molecule has 0 saturated carbocycles. The predicted molar refractivity (Wildman–Crippen MR) is 78.1 cm³/mol. The normalized spacial score (nSPS) is 27.3. The summed E-state index contributed by atoms with van der Waals surface area (Å²) in [6, 6.07) is 0.600. The Kier molecular flexibility index (Phi) is 5.64. The monoisotopic (exact) mass is 267 g/mol. The van der Waals surface area contributed by atoms with Crippen molar-refractivity contribution in [3.05, 3.63) is 0 Å². The van der Waals surface area contributed by atoms with Crippen molar-refractivity contribution >= 4 is 5.91 Å². The molecule has 2 aliphatic heterocycles. The summed E-state index contributed by atoms with van der Waals surface area (Å²) in [6.45, 7) is 10.0. The highest BCUT2D eigenvalue weighted by atomic mass is 16.2. The van der Waals surface area contributed by atoms with E-state index in [1.807, 2.05) is 4.90 Å². The highest BCUT2D eigenvalue weighted by Crippen LogP contribution is 2.26. The molecule has 2 atom stereocenters. The Balaban J connectivity index is 1.89. The molecule has 2 fully saturated rings. The molecule has 4 nitrogen and oxygen atoms in total. The minimum Gasteiger partial charge on any atom is -0.342 e. The van der Waals surface area contributed by atoms with E-state index in [1.54, 1.807) is 0 Å². The molecule has 0 aromatic rings. The Bertz CT molecular complexity index is 289. The molecule has 4 heteroatoms. The van der Waals surface area contributed by atoms with Gasteiger partial charge in [-0.3, -0.25) is 9.69 Å². The van der Waals surface area contributed by atoms with Crippen LogP contribution < -0.4 is 5.32 Å². The second-order valence-corrected chi connectivity index (χ2v) is 5.98. The van der Waals surface area contributed by atoms with Gasteiger partial charge in [0.1, 0.15) is 0 Å². The van der Waals surface area contributed by atoms with E-state index < -0.39 is 0 Å². The van der Waals surface area contributed by atoms with E-state index >= 15 is 0 Å². The number of nitrogens with zero attached hydrogens (tertiary/aromatic N) is 2. The smallest absolute Gasteiger partial charge is 0.236 e. The molecule has 19 heavy (non-hydrogen) atoms. The van der Waals surface area contributed by atoms with Crippen LogP contribution in [0.25, 0.3) is 0 Å². The Morgan fingerprint density at radius 3 is 2.68 bits per heavy atom. The summed E-state index contributed by atoms with van der Waals surface area (Å²) in [5, 5.41) is 3.48. The highest BCUT2D eigenvalue weighted by Gasteiger charge is 2.35. The lowest BCUT2D eigenvalue weighted by atomic mass is 9.92. The molecule has 110 valence electrons. The number of piperidine rings is 1. The van der Waals surface area contributed by atoms with Gasteiger partial charge in [0, 0.05) is 25.7 Å². The van der Waals surface area contributed by atoms with Crippen LogP contribution in [0, 0.1) is 5.92 Å². The number of rotatable bonds is 6. The molecular formula is C15H29N3O. The lowest BCUT2D eigenvalue weighted by molar-refractivity contribution is -0.133. The minimum absolute atomic E-state index is 0.330. The van der Waals surface area contributed by atoms with E-state index in [4.69, 9.17) is 0 Å². The minimum atomic E-state index is 0.330. The molecular weight excluding hydrogens is 238 g/mol. The quantitative estimate of drug-likeness (QED) is 0.788. The first-order valence-corrected chi connectivity index (χ1v) is 7.98. The van der Waals surface area contributed by atoms with E-state index in [0.717, 1.165) is 51.5 Å². The van der Waals surface area contributed by atoms with Crippen molar-refractivity contribution in [1.82, 2.24) is 15.1 Å². The molecule has 0 spiro atoms. The zero-order valence-corrected chi connectivity index (χ0v) is 12.5. The van der Waals surface area contributed by atoms with E-state index in [2.05, 4.69) is 24.1 Å². The van der Waals surface area contributed by atoms with Crippen molar-refractivity contribution in [2.75, 3.05) is 39.3 Å². The molecule has 2 saturated heterocycles. The van der Waals surface area contributed by atoms with Gasteiger partial charge in [-0.25, -0.2) is 0 Å². The average molecular weight is 267 g/mol. The summed E-state index contributed by atoms with van der Waals surface area (Å²) in [4.78, 5) is 16.9. The fourth-order valence-electron chi connectivity index (χ4n) is 3.53. The van der Waals surface area contributed by atoms with E-state index in [-0.39, 0.29) is 0 Å². The standard InChI is InChI=1S/C15H29N3O/c1-3-7-17(8-4-2)15(19)12-18-9-5-6-13-10-16-11-14(13)18/h13-14,16H,3-12H2,1-2H3. The number of nitrogens with one attached hydrogen (secondary N) is 1. The van der Waals surface area contributed by atoms with E-state index in [0.29, 0.717) is 18.5 Å². The Morgan fingerprint density at radius 2 is 2.00 bits per heavy atom. The third-order valence-corrected chi connectivity index (χ3v) is 4.47. The van der Waals surface area contributed by atoms with Crippen molar-refractivity contribution in [2.24, 2.45) is 5.92 Å². The van der Waals surface area contributed by atoms with Gasteiger partial charge in [-0.1, -0.05) is 13.8 Å². The van der Waals surface area contributed by atoms with E-state index in [1.165, 1.54) is 12.8 Å². The van der Waals surface area contributed by atoms with Crippen LogP contribution in [0.3, 0.4) is 0 Å². The van der Waals surface area contributed by atoms with Gasteiger partial charge in [-0.05, 0) is 44.7 Å². The van der Waals surface area contributed by atoms with Crippen LogP contribution in [0.5, 0.6) is 0 Å². The summed E-state index contributed by atoms with van der Waals surface area (Å²) in [7, 11) is 0. The summed E-state index contributed by atoms with van der Waals surface area (Å²) < 4.78 is 0. The van der Waals surface area contributed by atoms with Crippen LogP contribution >= 0.6 is 0 Å². The zero-order valence-electron chi connectivity index (χ0n) is 12.5. The van der Waals surface area contributed by atoms with Crippen molar-refractivity contribution in [3.8, 4) is 0 Å². The lowest BCUT2D eigenvalue weighted by Gasteiger charge is -2.37. The Hall–Kier alpha value is -0.610. The average Bonchev–Trinajstić information content (AvgIpc) is 2.88. The number of amides is 1. The first-order chi connectivity index (χ1) is 9.26. The van der Waals surface area contributed by atoms with Gasteiger partial charge in [0.05, 0.1) is 6.54 Å². The summed E-state index contributed by atoms with van der Waals surface area (Å²) >= 11 is 0. The first kappa shape index (κ1) is 14.8. The van der Waals surface area contributed by atoms with Crippen LogP contribution in [-0.4, -0.2) is 61.0 Å². The van der Waals surface area contributed by atoms with Crippen LogP contribution in [0.15, 0.2) is 0 Å². The van der Waals surface area contributed by atoms with Gasteiger partial charge in [-0.2, -0.15) is 0 Å². The summed E-state index contributed by atoms with van der Waals surface area (Å²) in [5.41, 5.74) is 0. The second kappa shape index (κ2) is 7.25. The fourth-order valence-corrected chi connectivity index (χ4v) is 3.53. The maximum absolute atomic E-state index is 12.4. The number of carbonyl (C=O) groups is 1. The molecule has 1 N–H and O–H groups in total. The maximum atomic E-state index is 12.4. The Morgan fingerprint density at radius 1 is 1.26 bits per heavy atom. The summed E-state index contributed by atoms with van der Waals surface area (Å²) in [6.07, 6.45) is 4.69. The molecule has 0 aliphatic carbocycles. The number of hydrogen-bond acceptors (Lipinski definition) is 3. The topological polar surface area (TPSA) is 35.6 Å². The van der Waals surface area contributed by atoms with Crippen LogP contribution in [0.2, 0.25) is 0 Å². The molecule has 2 aliphatic rings. The van der Waals surface area contributed by atoms with Gasteiger partial charge >= 0.3 is 0 Å². The molecule has 2 unspecified atom stereocenters. The van der Waals surface area contributed by atoms with Crippen molar-refractivity contribution in [3.63, 3.8) is 0 Å². The SMILES string of the molecule is CCCN(CCC)C(=O)CN1CCCC2CNCC21. The highest BCUT2D eigenvalue weighted by molar-refractivity contribution is 5.78. The predicted octanol–water partition coefficient (Wildman–Crippen LogP) is 1.32. The molecule has 0 bridgehead atoms. The second-order valence-electron chi connectivity index (χ2n) is 5.98. The number of carbonyl (C=O) groups excluding carboxylic acids is 1. The molecule has 2 heterocycles. The lowest BCUT2D eigenvalue weighted by Crippen LogP contribution is -2.50. The molecule has 1 amide bonds. The van der Waals surface area contributed by atoms with Crippen molar-refractivity contribution in [2.45, 2.75) is 45.6 Å². The van der Waals surface area contributed by atoms with Crippen molar-refractivity contribution < 1.29 is 4.79 Å². The third kappa shape index (κ3) is 3.69. The number of likely N-dealkylation sites (tertiary alicyclic amines) is 1. The van der Waals surface area contributed by atoms with Gasteiger partial charge in [-0.15, -0.1) is 0 Å². The third-order valence-electron chi connectivity index (χ3n) is 4.47.